The molecule has 2 rings (SSSR count). The molecule has 2 nitrogen and oxygen atoms in total. The van der Waals surface area contributed by atoms with Crippen LogP contribution in [0.3, 0.4) is 0 Å². The van der Waals surface area contributed by atoms with Crippen molar-refractivity contribution >= 4 is 0 Å². The summed E-state index contributed by atoms with van der Waals surface area (Å²) in [5.74, 6) is 0. The van der Waals surface area contributed by atoms with E-state index in [4.69, 9.17) is 0 Å². The summed E-state index contributed by atoms with van der Waals surface area (Å²) in [6, 6.07) is 7.52. The summed E-state index contributed by atoms with van der Waals surface area (Å²) in [5.41, 5.74) is 1.25. The standard InChI is InChI=1S/C11H14O2/c1-11(2)9(12)7-5-3-4-6-8(7)10(11)13/h3-6,9-10,12-13H,1-2H3. The Labute approximate surface area is 77.8 Å². The van der Waals surface area contributed by atoms with Gasteiger partial charge in [-0.25, -0.2) is 0 Å². The molecule has 0 heterocycles. The third-order valence-electron chi connectivity index (χ3n) is 2.99. The molecule has 2 N–H and O–H groups in total. The number of aliphatic hydroxyl groups is 2. The third-order valence-corrected chi connectivity index (χ3v) is 2.99. The molecule has 1 aromatic carbocycles. The van der Waals surface area contributed by atoms with Gasteiger partial charge in [-0.2, -0.15) is 0 Å². The topological polar surface area (TPSA) is 40.5 Å². The van der Waals surface area contributed by atoms with Crippen LogP contribution in [0, 0.1) is 5.41 Å². The summed E-state index contributed by atoms with van der Waals surface area (Å²) in [5, 5.41) is 19.8. The molecule has 2 unspecified atom stereocenters. The lowest BCUT2D eigenvalue weighted by atomic mass is 9.85. The SMILES string of the molecule is CC1(C)C(O)c2ccccc2C1O. The summed E-state index contributed by atoms with van der Waals surface area (Å²) in [4.78, 5) is 0. The van der Waals surface area contributed by atoms with E-state index in [-0.39, 0.29) is 0 Å². The summed E-state index contributed by atoms with van der Waals surface area (Å²) < 4.78 is 0. The minimum atomic E-state index is -0.557. The lowest BCUT2D eigenvalue weighted by molar-refractivity contribution is -0.0276. The van der Waals surface area contributed by atoms with Crippen LogP contribution in [0.2, 0.25) is 0 Å². The zero-order valence-electron chi connectivity index (χ0n) is 7.86. The molecule has 0 saturated heterocycles. The predicted octanol–water partition coefficient (Wildman–Crippen LogP) is 1.79. The van der Waals surface area contributed by atoms with Crippen molar-refractivity contribution in [2.75, 3.05) is 0 Å². The van der Waals surface area contributed by atoms with E-state index in [2.05, 4.69) is 0 Å². The lowest BCUT2D eigenvalue weighted by Gasteiger charge is -2.26. The fourth-order valence-electron chi connectivity index (χ4n) is 1.96. The molecule has 0 aromatic heterocycles. The number of rotatable bonds is 0. The van der Waals surface area contributed by atoms with Gasteiger partial charge < -0.3 is 10.2 Å². The van der Waals surface area contributed by atoms with Crippen LogP contribution in [-0.2, 0) is 0 Å². The second-order valence-corrected chi connectivity index (χ2v) is 4.26. The minimum Gasteiger partial charge on any atom is -0.388 e. The molecule has 0 spiro atoms. The zero-order valence-corrected chi connectivity index (χ0v) is 7.86. The average molecular weight is 178 g/mol. The van der Waals surface area contributed by atoms with Crippen molar-refractivity contribution in [2.24, 2.45) is 5.41 Å². The molecule has 70 valence electrons. The van der Waals surface area contributed by atoms with E-state index in [0.29, 0.717) is 0 Å². The van der Waals surface area contributed by atoms with Gasteiger partial charge in [0, 0.05) is 5.41 Å². The molecule has 1 aliphatic carbocycles. The van der Waals surface area contributed by atoms with E-state index >= 15 is 0 Å². The molecular formula is C11H14O2. The van der Waals surface area contributed by atoms with Crippen LogP contribution in [0.1, 0.15) is 37.2 Å². The van der Waals surface area contributed by atoms with E-state index in [1.807, 2.05) is 38.1 Å². The maximum Gasteiger partial charge on any atom is 0.0872 e. The van der Waals surface area contributed by atoms with E-state index in [9.17, 15) is 10.2 Å². The Hall–Kier alpha value is -0.860. The molecule has 0 radical (unpaired) electrons. The first-order valence-electron chi connectivity index (χ1n) is 4.50. The number of hydrogen-bond donors (Lipinski definition) is 2. The van der Waals surface area contributed by atoms with Crippen LogP contribution in [0.4, 0.5) is 0 Å². The van der Waals surface area contributed by atoms with E-state index < -0.39 is 17.6 Å². The van der Waals surface area contributed by atoms with Gasteiger partial charge in [0.1, 0.15) is 0 Å². The molecule has 1 aliphatic rings. The average Bonchev–Trinajstić information content (AvgIpc) is 2.30. The van der Waals surface area contributed by atoms with Crippen molar-refractivity contribution in [3.05, 3.63) is 35.4 Å². The molecular weight excluding hydrogens is 164 g/mol. The van der Waals surface area contributed by atoms with Gasteiger partial charge in [0.05, 0.1) is 12.2 Å². The smallest absolute Gasteiger partial charge is 0.0872 e. The highest BCUT2D eigenvalue weighted by Crippen LogP contribution is 2.51. The predicted molar refractivity (Wildman–Crippen MR) is 50.1 cm³/mol. The number of fused-ring (bicyclic) bond motifs is 1. The Morgan fingerprint density at radius 3 is 1.77 bits per heavy atom. The maximum absolute atomic E-state index is 9.92. The Morgan fingerprint density at radius 1 is 1.00 bits per heavy atom. The second-order valence-electron chi connectivity index (χ2n) is 4.26. The van der Waals surface area contributed by atoms with Gasteiger partial charge in [-0.3, -0.25) is 0 Å². The van der Waals surface area contributed by atoms with Crippen LogP contribution in [0.25, 0.3) is 0 Å². The first-order valence-corrected chi connectivity index (χ1v) is 4.50. The van der Waals surface area contributed by atoms with Crippen LogP contribution in [0.15, 0.2) is 24.3 Å². The molecule has 1 aromatic rings. The van der Waals surface area contributed by atoms with Crippen LogP contribution < -0.4 is 0 Å². The first kappa shape index (κ1) is 8.73. The highest BCUT2D eigenvalue weighted by atomic mass is 16.3. The fourth-order valence-corrected chi connectivity index (χ4v) is 1.96. The fraction of sp³-hybridized carbons (Fsp3) is 0.455. The molecule has 0 amide bonds. The first-order chi connectivity index (χ1) is 6.05. The van der Waals surface area contributed by atoms with E-state index in [0.717, 1.165) is 11.1 Å². The number of benzene rings is 1. The van der Waals surface area contributed by atoms with Crippen molar-refractivity contribution in [1.82, 2.24) is 0 Å². The normalized spacial score (nSPS) is 30.2. The van der Waals surface area contributed by atoms with Crippen LogP contribution >= 0.6 is 0 Å². The van der Waals surface area contributed by atoms with Crippen molar-refractivity contribution < 1.29 is 10.2 Å². The molecule has 0 bridgehead atoms. The largest absolute Gasteiger partial charge is 0.388 e. The maximum atomic E-state index is 9.92. The highest BCUT2D eigenvalue weighted by Gasteiger charge is 2.45. The van der Waals surface area contributed by atoms with Gasteiger partial charge in [0.25, 0.3) is 0 Å². The summed E-state index contributed by atoms with van der Waals surface area (Å²) in [6.07, 6.45) is -1.11. The molecule has 0 fully saturated rings. The Balaban J connectivity index is 2.57. The zero-order chi connectivity index (χ0) is 9.64. The van der Waals surface area contributed by atoms with Crippen molar-refractivity contribution in [1.29, 1.82) is 0 Å². The lowest BCUT2D eigenvalue weighted by Crippen LogP contribution is -2.21. The van der Waals surface area contributed by atoms with Gasteiger partial charge >= 0.3 is 0 Å². The summed E-state index contributed by atoms with van der Waals surface area (Å²) >= 11 is 0. The monoisotopic (exact) mass is 178 g/mol. The second kappa shape index (κ2) is 2.56. The Morgan fingerprint density at radius 2 is 1.38 bits per heavy atom. The van der Waals surface area contributed by atoms with Crippen molar-refractivity contribution in [2.45, 2.75) is 26.1 Å². The third kappa shape index (κ3) is 1.02. The van der Waals surface area contributed by atoms with E-state index in [1.54, 1.807) is 0 Å². The van der Waals surface area contributed by atoms with E-state index in [1.165, 1.54) is 0 Å². The summed E-state index contributed by atoms with van der Waals surface area (Å²) in [6.45, 7) is 3.75. The molecule has 2 heteroatoms. The quantitative estimate of drug-likeness (QED) is 0.636. The van der Waals surface area contributed by atoms with Gasteiger partial charge in [0.2, 0.25) is 0 Å². The van der Waals surface area contributed by atoms with Gasteiger partial charge in [-0.1, -0.05) is 38.1 Å². The molecule has 0 saturated carbocycles. The van der Waals surface area contributed by atoms with Crippen LogP contribution in [0.5, 0.6) is 0 Å². The summed E-state index contributed by atoms with van der Waals surface area (Å²) in [7, 11) is 0. The van der Waals surface area contributed by atoms with Gasteiger partial charge in [0.15, 0.2) is 0 Å². The number of hydrogen-bond acceptors (Lipinski definition) is 2. The Bertz CT molecular complexity index is 300. The van der Waals surface area contributed by atoms with Crippen molar-refractivity contribution in [3.8, 4) is 0 Å². The molecule has 2 atom stereocenters. The van der Waals surface area contributed by atoms with Crippen LogP contribution in [-0.4, -0.2) is 10.2 Å². The minimum absolute atomic E-state index is 0.469. The highest BCUT2D eigenvalue weighted by molar-refractivity contribution is 5.38. The number of aliphatic hydroxyl groups excluding tert-OH is 2. The Kier molecular flexibility index (Phi) is 1.72. The van der Waals surface area contributed by atoms with Gasteiger partial charge in [-0.05, 0) is 11.1 Å². The van der Waals surface area contributed by atoms with Crippen molar-refractivity contribution in [3.63, 3.8) is 0 Å². The molecule has 13 heavy (non-hydrogen) atoms. The molecule has 0 aliphatic heterocycles. The van der Waals surface area contributed by atoms with Gasteiger partial charge in [-0.15, -0.1) is 0 Å².